The van der Waals surface area contributed by atoms with Gasteiger partial charge in [-0.05, 0) is 48.7 Å². The van der Waals surface area contributed by atoms with Crippen molar-refractivity contribution in [1.29, 1.82) is 0 Å². The summed E-state index contributed by atoms with van der Waals surface area (Å²) in [5.41, 5.74) is 4.25. The second-order valence-corrected chi connectivity index (χ2v) is 8.30. The Morgan fingerprint density at radius 2 is 2.16 bits per heavy atom. The Bertz CT molecular complexity index is 893. The Balaban J connectivity index is 0.00000182. The number of nitrogens with zero attached hydrogens (tertiary/aromatic N) is 1. The highest BCUT2D eigenvalue weighted by atomic mass is 35.5. The summed E-state index contributed by atoms with van der Waals surface area (Å²) in [6, 6.07) is 5.79. The lowest BCUT2D eigenvalue weighted by molar-refractivity contribution is 0.604. The number of nitrogens with one attached hydrogen (secondary N) is 3. The third kappa shape index (κ3) is 3.27. The number of anilines is 1. The van der Waals surface area contributed by atoms with E-state index in [9.17, 15) is 8.42 Å². The number of hydrogen-bond donors (Lipinski definition) is 3. The molecule has 134 valence electrons. The van der Waals surface area contributed by atoms with Crippen LogP contribution in [0.5, 0.6) is 0 Å². The second-order valence-electron chi connectivity index (χ2n) is 5.87. The van der Waals surface area contributed by atoms with E-state index in [-0.39, 0.29) is 12.4 Å². The number of hydrogen-bond acceptors (Lipinski definition) is 6. The molecule has 0 amide bonds. The van der Waals surface area contributed by atoms with Gasteiger partial charge in [-0.1, -0.05) is 12.1 Å². The lowest BCUT2D eigenvalue weighted by Crippen LogP contribution is -2.27. The zero-order valence-corrected chi connectivity index (χ0v) is 16.0. The maximum Gasteiger partial charge on any atom is 0.264 e. The van der Waals surface area contributed by atoms with Crippen LogP contribution in [0.1, 0.15) is 18.1 Å². The first-order valence-electron chi connectivity index (χ1n) is 7.72. The monoisotopic (exact) mass is 398 g/mol. The summed E-state index contributed by atoms with van der Waals surface area (Å²) in [4.78, 5) is 0.309. The van der Waals surface area contributed by atoms with Crippen molar-refractivity contribution in [3.63, 3.8) is 0 Å². The largest absolute Gasteiger partial charge is 0.316 e. The summed E-state index contributed by atoms with van der Waals surface area (Å²) in [6.45, 7) is 3.41. The van der Waals surface area contributed by atoms with Crippen LogP contribution in [0.2, 0.25) is 0 Å². The van der Waals surface area contributed by atoms with Gasteiger partial charge in [-0.15, -0.1) is 12.4 Å². The van der Waals surface area contributed by atoms with Crippen molar-refractivity contribution in [2.75, 3.05) is 11.3 Å². The Labute approximate surface area is 158 Å². The van der Waals surface area contributed by atoms with E-state index in [4.69, 9.17) is 0 Å². The number of sulfonamides is 1. The molecule has 3 N–H and O–H groups in total. The molecule has 6 nitrogen and oxygen atoms in total. The molecule has 0 fully saturated rings. The van der Waals surface area contributed by atoms with E-state index in [1.807, 2.05) is 35.6 Å². The average Bonchev–Trinajstić information content (AvgIpc) is 3.02. The first-order valence-corrected chi connectivity index (χ1v) is 9.97. The van der Waals surface area contributed by atoms with Crippen molar-refractivity contribution in [2.24, 2.45) is 0 Å². The molecule has 0 atom stereocenters. The Hall–Kier alpha value is -1.61. The molecule has 0 saturated carbocycles. The van der Waals surface area contributed by atoms with Gasteiger partial charge in [0.1, 0.15) is 4.91 Å². The SMILES string of the molecule is CC1=C(S(=O)(=O)Nc2cccc3c2CNCC3)C2=CNSN2C=C1.Cl. The average molecular weight is 399 g/mol. The van der Waals surface area contributed by atoms with E-state index < -0.39 is 10.0 Å². The van der Waals surface area contributed by atoms with E-state index in [1.165, 1.54) is 17.7 Å². The van der Waals surface area contributed by atoms with Gasteiger partial charge in [0.2, 0.25) is 0 Å². The fraction of sp³-hybridized carbons (Fsp3) is 0.250. The van der Waals surface area contributed by atoms with Crippen LogP contribution in [0.3, 0.4) is 0 Å². The van der Waals surface area contributed by atoms with Gasteiger partial charge in [-0.25, -0.2) is 8.42 Å². The van der Waals surface area contributed by atoms with Crippen molar-refractivity contribution in [2.45, 2.75) is 19.9 Å². The lowest BCUT2D eigenvalue weighted by Gasteiger charge is -2.25. The standard InChI is InChI=1S/C16H18N4O2S2.ClH/c1-11-6-8-20-15(10-18-23-20)16(11)24(21,22)19-14-4-2-3-12-5-7-17-9-13(12)14;/h2-4,6,8,10,17-19H,5,7,9H2,1H3;1H. The highest BCUT2D eigenvalue weighted by Gasteiger charge is 2.32. The fourth-order valence-corrected chi connectivity index (χ4v) is 5.35. The highest BCUT2D eigenvalue weighted by Crippen LogP contribution is 2.37. The first kappa shape index (κ1) is 18.2. The summed E-state index contributed by atoms with van der Waals surface area (Å²) in [6.07, 6.45) is 6.30. The molecular formula is C16H19ClN4O2S2. The molecule has 0 spiro atoms. The minimum absolute atomic E-state index is 0. The van der Waals surface area contributed by atoms with Crippen LogP contribution in [-0.2, 0) is 23.0 Å². The number of allylic oxidation sites excluding steroid dienone is 2. The van der Waals surface area contributed by atoms with Gasteiger partial charge in [0.05, 0.1) is 23.5 Å². The van der Waals surface area contributed by atoms with Gasteiger partial charge >= 0.3 is 0 Å². The molecule has 9 heteroatoms. The van der Waals surface area contributed by atoms with E-state index in [0.717, 1.165) is 24.1 Å². The van der Waals surface area contributed by atoms with Gasteiger partial charge in [-0.3, -0.25) is 9.03 Å². The zero-order valence-electron chi connectivity index (χ0n) is 13.6. The first-order chi connectivity index (χ1) is 11.6. The number of halogens is 1. The topological polar surface area (TPSA) is 73.5 Å². The minimum atomic E-state index is -3.69. The van der Waals surface area contributed by atoms with E-state index in [0.29, 0.717) is 22.8 Å². The fourth-order valence-electron chi connectivity index (χ4n) is 3.14. The van der Waals surface area contributed by atoms with E-state index >= 15 is 0 Å². The molecule has 0 unspecified atom stereocenters. The van der Waals surface area contributed by atoms with Crippen LogP contribution >= 0.6 is 24.5 Å². The lowest BCUT2D eigenvalue weighted by atomic mass is 10.00. The summed E-state index contributed by atoms with van der Waals surface area (Å²) in [5, 5.41) is 3.30. The quantitative estimate of drug-likeness (QED) is 0.680. The maximum absolute atomic E-state index is 13.1. The molecule has 0 radical (unpaired) electrons. The normalized spacial score (nSPS) is 18.8. The predicted octanol–water partition coefficient (Wildman–Crippen LogP) is 2.61. The molecule has 0 bridgehead atoms. The van der Waals surface area contributed by atoms with E-state index in [2.05, 4.69) is 20.8 Å². The van der Waals surface area contributed by atoms with Crippen molar-refractivity contribution in [3.05, 3.63) is 64.0 Å². The maximum atomic E-state index is 13.1. The van der Waals surface area contributed by atoms with Crippen LogP contribution in [0.25, 0.3) is 0 Å². The highest BCUT2D eigenvalue weighted by molar-refractivity contribution is 7.97. The molecule has 0 saturated heterocycles. The Morgan fingerprint density at radius 1 is 1.32 bits per heavy atom. The number of benzene rings is 1. The zero-order chi connectivity index (χ0) is 16.7. The predicted molar refractivity (Wildman–Crippen MR) is 104 cm³/mol. The molecule has 3 heterocycles. The third-order valence-electron chi connectivity index (χ3n) is 4.29. The van der Waals surface area contributed by atoms with Crippen LogP contribution in [0.4, 0.5) is 5.69 Å². The molecule has 3 aliphatic rings. The van der Waals surface area contributed by atoms with Crippen LogP contribution in [0, 0.1) is 0 Å². The Morgan fingerprint density at radius 3 is 3.00 bits per heavy atom. The molecule has 1 aromatic carbocycles. The van der Waals surface area contributed by atoms with Gasteiger partial charge in [-0.2, -0.15) is 0 Å². The summed E-state index contributed by atoms with van der Waals surface area (Å²) < 4.78 is 33.7. The third-order valence-corrected chi connectivity index (χ3v) is 6.59. The van der Waals surface area contributed by atoms with Crippen molar-refractivity contribution in [3.8, 4) is 0 Å². The smallest absolute Gasteiger partial charge is 0.264 e. The van der Waals surface area contributed by atoms with Gasteiger partial charge < -0.3 is 10.0 Å². The summed E-state index contributed by atoms with van der Waals surface area (Å²) in [5.74, 6) is 0. The molecule has 1 aromatic rings. The summed E-state index contributed by atoms with van der Waals surface area (Å²) >= 11 is 1.34. The van der Waals surface area contributed by atoms with Crippen molar-refractivity contribution >= 4 is 40.3 Å². The molecule has 4 rings (SSSR count). The summed E-state index contributed by atoms with van der Waals surface area (Å²) in [7, 11) is -3.69. The van der Waals surface area contributed by atoms with E-state index in [1.54, 1.807) is 6.20 Å². The van der Waals surface area contributed by atoms with Gasteiger partial charge in [0.25, 0.3) is 10.0 Å². The molecule has 3 aliphatic heterocycles. The second kappa shape index (κ2) is 6.95. The van der Waals surface area contributed by atoms with Gasteiger partial charge in [0.15, 0.2) is 0 Å². The van der Waals surface area contributed by atoms with Gasteiger partial charge in [0, 0.05) is 18.9 Å². The molecule has 25 heavy (non-hydrogen) atoms. The molecule has 0 aromatic heterocycles. The van der Waals surface area contributed by atoms with Crippen molar-refractivity contribution in [1.82, 2.24) is 14.3 Å². The molecular weight excluding hydrogens is 380 g/mol. The Kier molecular flexibility index (Phi) is 5.06. The van der Waals surface area contributed by atoms with Crippen LogP contribution in [-0.4, -0.2) is 19.3 Å². The number of fused-ring (bicyclic) bond motifs is 2. The molecule has 0 aliphatic carbocycles. The van der Waals surface area contributed by atoms with Crippen molar-refractivity contribution < 1.29 is 8.42 Å². The van der Waals surface area contributed by atoms with Crippen LogP contribution in [0.15, 0.2) is 52.9 Å². The minimum Gasteiger partial charge on any atom is -0.316 e. The van der Waals surface area contributed by atoms with Crippen LogP contribution < -0.4 is 14.8 Å². The number of rotatable bonds is 3.